The van der Waals surface area contributed by atoms with E-state index in [2.05, 4.69) is 0 Å². The smallest absolute Gasteiger partial charge is 0.340 e. The summed E-state index contributed by atoms with van der Waals surface area (Å²) in [6.07, 6.45) is 0. The van der Waals surface area contributed by atoms with E-state index in [0.717, 1.165) is 0 Å². The molecule has 1 heterocycles. The number of fused-ring (bicyclic) bond motifs is 1. The van der Waals surface area contributed by atoms with Gasteiger partial charge in [-0.3, -0.25) is 0 Å². The maximum absolute atomic E-state index is 11.9. The van der Waals surface area contributed by atoms with Crippen LogP contribution in [0.5, 0.6) is 11.5 Å². The Kier molecular flexibility index (Phi) is 4.04. The summed E-state index contributed by atoms with van der Waals surface area (Å²) in [5, 5.41) is 0. The van der Waals surface area contributed by atoms with Crippen LogP contribution in [0.15, 0.2) is 12.1 Å². The van der Waals surface area contributed by atoms with Crippen LogP contribution in [0.25, 0.3) is 0 Å². The molecular formula is C14H19NO5. The lowest BCUT2D eigenvalue weighted by atomic mass is 10.1. The minimum atomic E-state index is -0.502. The van der Waals surface area contributed by atoms with E-state index in [4.69, 9.17) is 24.7 Å². The molecule has 0 spiro atoms. The van der Waals surface area contributed by atoms with Gasteiger partial charge in [0.05, 0.1) is 23.5 Å². The maximum atomic E-state index is 11.9. The van der Waals surface area contributed by atoms with E-state index in [9.17, 15) is 4.79 Å². The normalized spacial score (nSPS) is 13.3. The molecule has 0 radical (unpaired) electrons. The van der Waals surface area contributed by atoms with Gasteiger partial charge in [0.1, 0.15) is 6.61 Å². The summed E-state index contributed by atoms with van der Waals surface area (Å²) >= 11 is 0. The molecule has 0 aliphatic carbocycles. The lowest BCUT2D eigenvalue weighted by Crippen LogP contribution is -2.22. The molecule has 20 heavy (non-hydrogen) atoms. The van der Waals surface area contributed by atoms with Crippen LogP contribution in [0.2, 0.25) is 0 Å². The quantitative estimate of drug-likeness (QED) is 0.516. The molecule has 0 amide bonds. The molecular weight excluding hydrogens is 262 g/mol. The Morgan fingerprint density at radius 2 is 1.90 bits per heavy atom. The van der Waals surface area contributed by atoms with Crippen molar-refractivity contribution in [1.29, 1.82) is 0 Å². The molecule has 0 atom stereocenters. The first-order valence-electron chi connectivity index (χ1n) is 6.37. The van der Waals surface area contributed by atoms with Crippen LogP contribution in [0.3, 0.4) is 0 Å². The first-order valence-corrected chi connectivity index (χ1v) is 6.37. The van der Waals surface area contributed by atoms with E-state index in [1.807, 2.05) is 20.8 Å². The number of carbonyl (C=O) groups is 1. The number of hydrogen-bond donors (Lipinski definition) is 1. The molecule has 0 saturated carbocycles. The fraction of sp³-hybridized carbons (Fsp3) is 0.500. The molecule has 0 unspecified atom stereocenters. The van der Waals surface area contributed by atoms with E-state index in [0.29, 0.717) is 23.8 Å². The third-order valence-electron chi connectivity index (χ3n) is 2.62. The van der Waals surface area contributed by atoms with Gasteiger partial charge in [-0.25, -0.2) is 4.79 Å². The Balaban J connectivity index is 1.93. The van der Waals surface area contributed by atoms with Crippen molar-refractivity contribution < 1.29 is 23.7 Å². The topological polar surface area (TPSA) is 80.0 Å². The predicted molar refractivity (Wildman–Crippen MR) is 73.0 cm³/mol. The second-order valence-corrected chi connectivity index (χ2v) is 5.39. The van der Waals surface area contributed by atoms with Crippen LogP contribution < -0.4 is 15.2 Å². The molecule has 0 fully saturated rings. The van der Waals surface area contributed by atoms with Crippen molar-refractivity contribution in [3.8, 4) is 11.5 Å². The highest BCUT2D eigenvalue weighted by molar-refractivity contribution is 5.96. The van der Waals surface area contributed by atoms with E-state index in [-0.39, 0.29) is 24.6 Å². The van der Waals surface area contributed by atoms with Crippen molar-refractivity contribution in [2.24, 2.45) is 0 Å². The highest BCUT2D eigenvalue weighted by Gasteiger charge is 2.20. The first-order chi connectivity index (χ1) is 9.37. The Morgan fingerprint density at radius 3 is 2.55 bits per heavy atom. The van der Waals surface area contributed by atoms with Crippen molar-refractivity contribution >= 4 is 11.7 Å². The Morgan fingerprint density at radius 1 is 1.25 bits per heavy atom. The molecule has 1 aliphatic heterocycles. The second-order valence-electron chi connectivity index (χ2n) is 5.39. The molecule has 1 aromatic carbocycles. The third kappa shape index (κ3) is 3.54. The number of esters is 1. The number of hydrogen-bond acceptors (Lipinski definition) is 6. The van der Waals surface area contributed by atoms with Gasteiger partial charge in [0.15, 0.2) is 11.5 Å². The SMILES string of the molecule is CC(C)(C)OCCOC(=O)c1cc2c(cc1N)OCO2. The van der Waals surface area contributed by atoms with E-state index in [1.54, 1.807) is 6.07 Å². The zero-order valence-corrected chi connectivity index (χ0v) is 11.9. The lowest BCUT2D eigenvalue weighted by Gasteiger charge is -2.19. The summed E-state index contributed by atoms with van der Waals surface area (Å²) in [5.41, 5.74) is 6.11. The highest BCUT2D eigenvalue weighted by atomic mass is 16.7. The van der Waals surface area contributed by atoms with Crippen LogP contribution >= 0.6 is 0 Å². The van der Waals surface area contributed by atoms with Crippen molar-refractivity contribution in [3.05, 3.63) is 17.7 Å². The fourth-order valence-corrected chi connectivity index (χ4v) is 1.69. The van der Waals surface area contributed by atoms with Gasteiger partial charge in [-0.1, -0.05) is 0 Å². The second kappa shape index (κ2) is 5.58. The number of ether oxygens (including phenoxy) is 4. The fourth-order valence-electron chi connectivity index (χ4n) is 1.69. The molecule has 2 rings (SSSR count). The van der Waals surface area contributed by atoms with Crippen LogP contribution in [0.4, 0.5) is 5.69 Å². The van der Waals surface area contributed by atoms with E-state index < -0.39 is 5.97 Å². The van der Waals surface area contributed by atoms with Gasteiger partial charge in [-0.05, 0) is 20.8 Å². The van der Waals surface area contributed by atoms with Crippen molar-refractivity contribution in [2.45, 2.75) is 26.4 Å². The van der Waals surface area contributed by atoms with Crippen molar-refractivity contribution in [2.75, 3.05) is 25.7 Å². The summed E-state index contributed by atoms with van der Waals surface area (Å²) in [5.74, 6) is 0.533. The standard InChI is InChI=1S/C14H19NO5/c1-14(2,3)20-5-4-17-13(16)9-6-11-12(7-10(9)15)19-8-18-11/h6-7H,4-5,8,15H2,1-3H3. The zero-order valence-electron chi connectivity index (χ0n) is 11.9. The van der Waals surface area contributed by atoms with Crippen molar-refractivity contribution in [1.82, 2.24) is 0 Å². The summed E-state index contributed by atoms with van der Waals surface area (Å²) in [7, 11) is 0. The van der Waals surface area contributed by atoms with Gasteiger partial charge >= 0.3 is 5.97 Å². The van der Waals surface area contributed by atoms with E-state index in [1.165, 1.54) is 6.07 Å². The molecule has 6 heteroatoms. The van der Waals surface area contributed by atoms with Crippen molar-refractivity contribution in [3.63, 3.8) is 0 Å². The molecule has 1 aromatic rings. The number of carbonyl (C=O) groups excluding carboxylic acids is 1. The summed E-state index contributed by atoms with van der Waals surface area (Å²) < 4.78 is 21.0. The highest BCUT2D eigenvalue weighted by Crippen LogP contribution is 2.36. The summed E-state index contributed by atoms with van der Waals surface area (Å²) in [4.78, 5) is 11.9. The molecule has 0 aromatic heterocycles. The predicted octanol–water partition coefficient (Wildman–Crippen LogP) is 1.97. The summed E-state index contributed by atoms with van der Waals surface area (Å²) in [6.45, 7) is 6.44. The Labute approximate surface area is 117 Å². The zero-order chi connectivity index (χ0) is 14.8. The van der Waals surface area contributed by atoms with Crippen LogP contribution in [0, 0.1) is 0 Å². The minimum Gasteiger partial charge on any atom is -0.460 e. The molecule has 110 valence electrons. The largest absolute Gasteiger partial charge is 0.460 e. The third-order valence-corrected chi connectivity index (χ3v) is 2.62. The van der Waals surface area contributed by atoms with Gasteiger partial charge in [0.25, 0.3) is 0 Å². The number of nitrogen functional groups attached to an aromatic ring is 1. The van der Waals surface area contributed by atoms with Gasteiger partial charge < -0.3 is 24.7 Å². The van der Waals surface area contributed by atoms with Gasteiger partial charge in [0.2, 0.25) is 6.79 Å². The summed E-state index contributed by atoms with van der Waals surface area (Å²) in [6, 6.07) is 3.09. The molecule has 2 N–H and O–H groups in total. The lowest BCUT2D eigenvalue weighted by molar-refractivity contribution is -0.0281. The molecule has 6 nitrogen and oxygen atoms in total. The van der Waals surface area contributed by atoms with Gasteiger partial charge in [-0.2, -0.15) is 0 Å². The van der Waals surface area contributed by atoms with Crippen LogP contribution in [-0.2, 0) is 9.47 Å². The van der Waals surface area contributed by atoms with E-state index >= 15 is 0 Å². The molecule has 1 aliphatic rings. The molecule has 0 saturated heterocycles. The number of anilines is 1. The molecule has 0 bridgehead atoms. The van der Waals surface area contributed by atoms with Gasteiger partial charge in [0, 0.05) is 12.1 Å². The first kappa shape index (κ1) is 14.5. The minimum absolute atomic E-state index is 0.132. The van der Waals surface area contributed by atoms with Crippen LogP contribution in [0.1, 0.15) is 31.1 Å². The Bertz CT molecular complexity index is 507. The monoisotopic (exact) mass is 281 g/mol. The maximum Gasteiger partial charge on any atom is 0.340 e. The number of rotatable bonds is 4. The number of benzene rings is 1. The average Bonchev–Trinajstić information content (AvgIpc) is 2.79. The number of nitrogens with two attached hydrogens (primary N) is 1. The van der Waals surface area contributed by atoms with Gasteiger partial charge in [-0.15, -0.1) is 0 Å². The average molecular weight is 281 g/mol. The Hall–Kier alpha value is -1.95. The van der Waals surface area contributed by atoms with Crippen LogP contribution in [-0.4, -0.2) is 31.6 Å².